The lowest BCUT2D eigenvalue weighted by atomic mass is 9.99. The highest BCUT2D eigenvalue weighted by Crippen LogP contribution is 2.16. The molecule has 0 saturated carbocycles. The number of aryl methyl sites for hydroxylation is 2. The molecule has 2 aromatic carbocycles. The monoisotopic (exact) mass is 336 g/mol. The van der Waals surface area contributed by atoms with Gasteiger partial charge in [-0.15, -0.1) is 0 Å². The van der Waals surface area contributed by atoms with Crippen molar-refractivity contribution in [1.82, 2.24) is 0 Å². The van der Waals surface area contributed by atoms with E-state index in [9.17, 15) is 9.90 Å². The number of ketones is 1. The summed E-state index contributed by atoms with van der Waals surface area (Å²) in [5, 5.41) is 10.0. The standard InChI is InChI=1S/C23H28O2/c24-22-7-3-1-5-18-9-13-20(14-10-18)17-21-15-11-19(12-16-21)6-2-4-8-23(22)25/h9-16,22,24H,1-8,17H2/t22-/m1/s1. The molecule has 25 heavy (non-hydrogen) atoms. The predicted octanol–water partition coefficient (Wildman–Crippen LogP) is 4.65. The molecule has 0 aliphatic heterocycles. The molecule has 0 aromatic heterocycles. The molecule has 4 bridgehead atoms. The Morgan fingerprint density at radius 1 is 0.640 bits per heavy atom. The van der Waals surface area contributed by atoms with Crippen molar-refractivity contribution < 1.29 is 9.90 Å². The van der Waals surface area contributed by atoms with E-state index in [0.717, 1.165) is 44.9 Å². The molecule has 2 nitrogen and oxygen atoms in total. The van der Waals surface area contributed by atoms with Crippen LogP contribution in [0.5, 0.6) is 0 Å². The number of fused-ring (bicyclic) bond motifs is 2. The van der Waals surface area contributed by atoms with Crippen molar-refractivity contribution in [1.29, 1.82) is 0 Å². The molecule has 0 unspecified atom stereocenters. The Hall–Kier alpha value is -1.93. The van der Waals surface area contributed by atoms with Crippen molar-refractivity contribution in [3.8, 4) is 0 Å². The fraction of sp³-hybridized carbons (Fsp3) is 0.435. The third-order valence-electron chi connectivity index (χ3n) is 5.16. The zero-order valence-electron chi connectivity index (χ0n) is 14.9. The van der Waals surface area contributed by atoms with Crippen LogP contribution in [-0.4, -0.2) is 17.0 Å². The van der Waals surface area contributed by atoms with Gasteiger partial charge in [0, 0.05) is 6.42 Å². The maximum atomic E-state index is 12.0. The Morgan fingerprint density at radius 2 is 1.08 bits per heavy atom. The molecule has 0 saturated heterocycles. The molecule has 132 valence electrons. The van der Waals surface area contributed by atoms with Crippen molar-refractivity contribution in [2.45, 2.75) is 63.9 Å². The lowest BCUT2D eigenvalue weighted by Gasteiger charge is -2.09. The lowest BCUT2D eigenvalue weighted by Crippen LogP contribution is -2.20. The van der Waals surface area contributed by atoms with Gasteiger partial charge in [0.2, 0.25) is 0 Å². The average molecular weight is 336 g/mol. The van der Waals surface area contributed by atoms with Gasteiger partial charge in [0.25, 0.3) is 0 Å². The normalized spacial score (nSPS) is 20.0. The maximum absolute atomic E-state index is 12.0. The van der Waals surface area contributed by atoms with E-state index in [-0.39, 0.29) is 5.78 Å². The highest BCUT2D eigenvalue weighted by atomic mass is 16.3. The number of carbonyl (C=O) groups is 1. The molecule has 0 heterocycles. The zero-order valence-corrected chi connectivity index (χ0v) is 14.9. The van der Waals surface area contributed by atoms with E-state index in [1.54, 1.807) is 0 Å². The van der Waals surface area contributed by atoms with Gasteiger partial charge in [-0.3, -0.25) is 4.79 Å². The molecule has 0 radical (unpaired) electrons. The van der Waals surface area contributed by atoms with Crippen LogP contribution in [0.4, 0.5) is 0 Å². The third kappa shape index (κ3) is 5.54. The van der Waals surface area contributed by atoms with Crippen LogP contribution in [0.1, 0.15) is 60.8 Å². The zero-order chi connectivity index (χ0) is 17.5. The smallest absolute Gasteiger partial charge is 0.161 e. The van der Waals surface area contributed by atoms with E-state index in [1.807, 2.05) is 0 Å². The van der Waals surface area contributed by atoms with Crippen LogP contribution >= 0.6 is 0 Å². The van der Waals surface area contributed by atoms with Crippen LogP contribution in [0.2, 0.25) is 0 Å². The van der Waals surface area contributed by atoms with Crippen molar-refractivity contribution in [2.24, 2.45) is 0 Å². The van der Waals surface area contributed by atoms with Crippen LogP contribution in [0.3, 0.4) is 0 Å². The molecule has 3 aliphatic rings. The quantitative estimate of drug-likeness (QED) is 0.760. The Kier molecular flexibility index (Phi) is 6.41. The molecule has 2 heteroatoms. The van der Waals surface area contributed by atoms with Crippen molar-refractivity contribution in [3.05, 3.63) is 70.8 Å². The number of benzene rings is 2. The van der Waals surface area contributed by atoms with Crippen LogP contribution in [0.25, 0.3) is 0 Å². The number of Topliss-reactive ketones (excluding diaryl/α,β-unsaturated/α-hetero) is 1. The minimum absolute atomic E-state index is 0.0117. The highest BCUT2D eigenvalue weighted by Gasteiger charge is 2.14. The van der Waals surface area contributed by atoms with E-state index in [0.29, 0.717) is 12.8 Å². The second-order valence-electron chi connectivity index (χ2n) is 7.24. The van der Waals surface area contributed by atoms with Crippen LogP contribution < -0.4 is 0 Å². The molecule has 0 spiro atoms. The first-order valence-corrected chi connectivity index (χ1v) is 9.57. The minimum atomic E-state index is -0.774. The van der Waals surface area contributed by atoms with E-state index in [2.05, 4.69) is 48.5 Å². The summed E-state index contributed by atoms with van der Waals surface area (Å²) in [5.41, 5.74) is 5.34. The van der Waals surface area contributed by atoms with Gasteiger partial charge in [-0.2, -0.15) is 0 Å². The number of hydrogen-bond acceptors (Lipinski definition) is 2. The highest BCUT2D eigenvalue weighted by molar-refractivity contribution is 5.82. The first-order chi connectivity index (χ1) is 12.2. The van der Waals surface area contributed by atoms with Crippen LogP contribution in [0.15, 0.2) is 48.5 Å². The molecule has 3 aliphatic carbocycles. The number of carbonyl (C=O) groups excluding carboxylic acids is 1. The summed E-state index contributed by atoms with van der Waals surface area (Å²) < 4.78 is 0. The average Bonchev–Trinajstić information content (AvgIpc) is 2.64. The van der Waals surface area contributed by atoms with Crippen LogP contribution in [-0.2, 0) is 24.1 Å². The van der Waals surface area contributed by atoms with E-state index in [4.69, 9.17) is 0 Å². The molecular weight excluding hydrogens is 308 g/mol. The molecule has 1 atom stereocenters. The summed E-state index contributed by atoms with van der Waals surface area (Å²) in [7, 11) is 0. The van der Waals surface area contributed by atoms with Crippen molar-refractivity contribution in [2.75, 3.05) is 0 Å². The Morgan fingerprint density at radius 3 is 1.64 bits per heavy atom. The number of aliphatic hydroxyl groups excluding tert-OH is 1. The topological polar surface area (TPSA) is 37.3 Å². The van der Waals surface area contributed by atoms with Crippen molar-refractivity contribution in [3.63, 3.8) is 0 Å². The largest absolute Gasteiger partial charge is 0.385 e. The summed E-state index contributed by atoms with van der Waals surface area (Å²) in [6.07, 6.45) is 7.08. The second kappa shape index (κ2) is 8.96. The fourth-order valence-electron chi connectivity index (χ4n) is 3.51. The Labute approximate surface area is 150 Å². The summed E-state index contributed by atoms with van der Waals surface area (Å²) in [6.45, 7) is 0. The summed E-state index contributed by atoms with van der Waals surface area (Å²) in [5.74, 6) is 0.0117. The van der Waals surface area contributed by atoms with Gasteiger partial charge in [0.05, 0.1) is 0 Å². The summed E-state index contributed by atoms with van der Waals surface area (Å²) >= 11 is 0. The lowest BCUT2D eigenvalue weighted by molar-refractivity contribution is -0.127. The second-order valence-corrected chi connectivity index (χ2v) is 7.24. The predicted molar refractivity (Wildman–Crippen MR) is 102 cm³/mol. The molecule has 2 aromatic rings. The third-order valence-corrected chi connectivity index (χ3v) is 5.16. The SMILES string of the molecule is O=C1CCCCc2ccc(cc2)Cc2ccc(cc2)CCCC[C@H]1O. The number of hydrogen-bond donors (Lipinski definition) is 1. The molecule has 0 amide bonds. The summed E-state index contributed by atoms with van der Waals surface area (Å²) in [6, 6.07) is 17.7. The van der Waals surface area contributed by atoms with Crippen LogP contribution in [0, 0.1) is 0 Å². The first kappa shape index (κ1) is 17.9. The maximum Gasteiger partial charge on any atom is 0.161 e. The van der Waals surface area contributed by atoms with Gasteiger partial charge >= 0.3 is 0 Å². The van der Waals surface area contributed by atoms with Gasteiger partial charge < -0.3 is 5.11 Å². The van der Waals surface area contributed by atoms with E-state index >= 15 is 0 Å². The Balaban J connectivity index is 1.71. The first-order valence-electron chi connectivity index (χ1n) is 9.57. The van der Waals surface area contributed by atoms with Gasteiger partial charge in [-0.1, -0.05) is 55.0 Å². The molecular formula is C23H28O2. The minimum Gasteiger partial charge on any atom is -0.385 e. The molecule has 1 N–H and O–H groups in total. The Bertz CT molecular complexity index is 670. The van der Waals surface area contributed by atoms with Gasteiger partial charge in [-0.25, -0.2) is 0 Å². The van der Waals surface area contributed by atoms with E-state index < -0.39 is 6.10 Å². The summed E-state index contributed by atoms with van der Waals surface area (Å²) in [4.78, 5) is 12.0. The fourth-order valence-corrected chi connectivity index (χ4v) is 3.51. The number of rotatable bonds is 0. The van der Waals surface area contributed by atoms with Crippen molar-refractivity contribution >= 4 is 5.78 Å². The molecule has 5 rings (SSSR count). The van der Waals surface area contributed by atoms with Gasteiger partial charge in [0.1, 0.15) is 6.10 Å². The van der Waals surface area contributed by atoms with Gasteiger partial charge in [-0.05, 0) is 67.2 Å². The number of aliphatic hydroxyl groups is 1. The van der Waals surface area contributed by atoms with E-state index in [1.165, 1.54) is 22.3 Å². The van der Waals surface area contributed by atoms with Gasteiger partial charge in [0.15, 0.2) is 5.78 Å². The molecule has 0 fully saturated rings.